The van der Waals surface area contributed by atoms with Crippen LogP contribution in [0.3, 0.4) is 0 Å². The summed E-state index contributed by atoms with van der Waals surface area (Å²) >= 11 is 1.61. The number of oxazole rings is 1. The van der Waals surface area contributed by atoms with E-state index >= 15 is 0 Å². The zero-order valence-corrected chi connectivity index (χ0v) is 10.5. The number of aryl methyl sites for hydroxylation is 2. The van der Waals surface area contributed by atoms with Crippen LogP contribution in [0.1, 0.15) is 36.0 Å². The Bertz CT molecular complexity index is 430. The van der Waals surface area contributed by atoms with Crippen LogP contribution >= 0.6 is 11.3 Å². The van der Waals surface area contributed by atoms with Gasteiger partial charge in [0.15, 0.2) is 0 Å². The molecule has 2 aromatic heterocycles. The standard InChI is InChI=1S/C11H15N3OS/c1-7-9(3)15-11(14-7)4-12-8(2)10-5-16-6-13-10/h5-6,8,12H,4H2,1-3H3. The van der Waals surface area contributed by atoms with E-state index in [2.05, 4.69) is 22.2 Å². The maximum atomic E-state index is 5.49. The lowest BCUT2D eigenvalue weighted by molar-refractivity contribution is 0.430. The lowest BCUT2D eigenvalue weighted by Crippen LogP contribution is -2.18. The maximum absolute atomic E-state index is 5.49. The molecule has 0 aromatic carbocycles. The van der Waals surface area contributed by atoms with Gasteiger partial charge in [0.1, 0.15) is 5.76 Å². The Morgan fingerprint density at radius 2 is 2.31 bits per heavy atom. The number of nitrogens with zero attached hydrogens (tertiary/aromatic N) is 2. The normalized spacial score (nSPS) is 12.9. The SMILES string of the molecule is Cc1nc(CNC(C)c2cscn2)oc1C. The Kier molecular flexibility index (Phi) is 3.36. The summed E-state index contributed by atoms with van der Waals surface area (Å²) in [5.74, 6) is 1.62. The molecule has 0 aliphatic rings. The molecule has 2 aromatic rings. The highest BCUT2D eigenvalue weighted by Crippen LogP contribution is 2.13. The first-order valence-corrected chi connectivity index (χ1v) is 6.15. The zero-order valence-electron chi connectivity index (χ0n) is 9.65. The fraction of sp³-hybridized carbons (Fsp3) is 0.455. The molecular formula is C11H15N3OS. The molecule has 16 heavy (non-hydrogen) atoms. The topological polar surface area (TPSA) is 51.0 Å². The molecule has 0 saturated carbocycles. The lowest BCUT2D eigenvalue weighted by atomic mass is 10.2. The lowest BCUT2D eigenvalue weighted by Gasteiger charge is -2.08. The van der Waals surface area contributed by atoms with Crippen molar-refractivity contribution in [2.24, 2.45) is 0 Å². The summed E-state index contributed by atoms with van der Waals surface area (Å²) in [7, 11) is 0. The molecule has 0 saturated heterocycles. The summed E-state index contributed by atoms with van der Waals surface area (Å²) in [6.07, 6.45) is 0. The number of hydrogen-bond donors (Lipinski definition) is 1. The van der Waals surface area contributed by atoms with E-state index in [1.165, 1.54) is 0 Å². The highest BCUT2D eigenvalue weighted by molar-refractivity contribution is 7.07. The number of nitrogens with one attached hydrogen (secondary N) is 1. The molecule has 0 amide bonds. The molecule has 2 rings (SSSR count). The molecule has 4 nitrogen and oxygen atoms in total. The van der Waals surface area contributed by atoms with Crippen LogP contribution in [0.5, 0.6) is 0 Å². The van der Waals surface area contributed by atoms with Gasteiger partial charge in [-0.3, -0.25) is 0 Å². The van der Waals surface area contributed by atoms with Crippen LogP contribution in [0, 0.1) is 13.8 Å². The maximum Gasteiger partial charge on any atom is 0.208 e. The van der Waals surface area contributed by atoms with E-state index < -0.39 is 0 Å². The highest BCUT2D eigenvalue weighted by Gasteiger charge is 2.09. The quantitative estimate of drug-likeness (QED) is 0.888. The highest BCUT2D eigenvalue weighted by atomic mass is 32.1. The van der Waals surface area contributed by atoms with E-state index in [1.807, 2.05) is 24.7 Å². The summed E-state index contributed by atoms with van der Waals surface area (Å²) in [6.45, 7) is 6.59. The van der Waals surface area contributed by atoms with Gasteiger partial charge >= 0.3 is 0 Å². The minimum Gasteiger partial charge on any atom is -0.444 e. The molecule has 0 aliphatic heterocycles. The third kappa shape index (κ3) is 2.48. The largest absolute Gasteiger partial charge is 0.444 e. The van der Waals surface area contributed by atoms with E-state index in [0.717, 1.165) is 23.0 Å². The summed E-state index contributed by atoms with van der Waals surface area (Å²) in [4.78, 5) is 8.57. The first-order valence-electron chi connectivity index (χ1n) is 5.21. The summed E-state index contributed by atoms with van der Waals surface area (Å²) in [5.41, 5.74) is 3.86. The van der Waals surface area contributed by atoms with Crippen LogP contribution in [0.4, 0.5) is 0 Å². The van der Waals surface area contributed by atoms with E-state index in [-0.39, 0.29) is 6.04 Å². The number of thiazole rings is 1. The van der Waals surface area contributed by atoms with E-state index in [0.29, 0.717) is 6.54 Å². The van der Waals surface area contributed by atoms with Crippen LogP contribution in [-0.4, -0.2) is 9.97 Å². The monoisotopic (exact) mass is 237 g/mol. The molecule has 1 atom stereocenters. The van der Waals surface area contributed by atoms with Crippen LogP contribution < -0.4 is 5.32 Å². The van der Waals surface area contributed by atoms with Crippen LogP contribution in [0.2, 0.25) is 0 Å². The molecule has 1 N–H and O–H groups in total. The third-order valence-corrected chi connectivity index (χ3v) is 3.13. The zero-order chi connectivity index (χ0) is 11.5. The fourth-order valence-electron chi connectivity index (χ4n) is 1.40. The van der Waals surface area contributed by atoms with E-state index in [4.69, 9.17) is 4.42 Å². The van der Waals surface area contributed by atoms with Crippen molar-refractivity contribution in [2.75, 3.05) is 0 Å². The van der Waals surface area contributed by atoms with Crippen molar-refractivity contribution < 1.29 is 4.42 Å². The Morgan fingerprint density at radius 3 is 2.88 bits per heavy atom. The fourth-order valence-corrected chi connectivity index (χ4v) is 2.04. The van der Waals surface area contributed by atoms with Gasteiger partial charge in [0, 0.05) is 11.4 Å². The Labute approximate surface area is 98.7 Å². The molecule has 0 fully saturated rings. The Hall–Kier alpha value is -1.20. The number of aromatic nitrogens is 2. The van der Waals surface area contributed by atoms with Crippen LogP contribution in [-0.2, 0) is 6.54 Å². The van der Waals surface area contributed by atoms with Gasteiger partial charge in [0.2, 0.25) is 5.89 Å². The molecule has 5 heteroatoms. The second-order valence-electron chi connectivity index (χ2n) is 3.77. The van der Waals surface area contributed by atoms with Gasteiger partial charge in [-0.15, -0.1) is 11.3 Å². The molecule has 0 bridgehead atoms. The van der Waals surface area contributed by atoms with Gasteiger partial charge in [-0.25, -0.2) is 9.97 Å². The van der Waals surface area contributed by atoms with Crippen molar-refractivity contribution in [1.82, 2.24) is 15.3 Å². The number of rotatable bonds is 4. The predicted octanol–water partition coefficient (Wildman–Crippen LogP) is 2.60. The van der Waals surface area contributed by atoms with Gasteiger partial charge in [-0.1, -0.05) is 0 Å². The van der Waals surface area contributed by atoms with Crippen molar-refractivity contribution in [1.29, 1.82) is 0 Å². The van der Waals surface area contributed by atoms with Crippen LogP contribution in [0.15, 0.2) is 15.3 Å². The van der Waals surface area contributed by atoms with Gasteiger partial charge in [-0.2, -0.15) is 0 Å². The first kappa shape index (κ1) is 11.3. The van der Waals surface area contributed by atoms with E-state index in [9.17, 15) is 0 Å². The summed E-state index contributed by atoms with van der Waals surface area (Å²) < 4.78 is 5.49. The molecule has 0 radical (unpaired) electrons. The smallest absolute Gasteiger partial charge is 0.208 e. The molecule has 1 unspecified atom stereocenters. The minimum atomic E-state index is 0.221. The second kappa shape index (κ2) is 4.76. The molecule has 0 aliphatic carbocycles. The third-order valence-electron chi connectivity index (χ3n) is 2.53. The van der Waals surface area contributed by atoms with Gasteiger partial charge in [0.05, 0.1) is 23.4 Å². The molecule has 2 heterocycles. The second-order valence-corrected chi connectivity index (χ2v) is 4.48. The molecular weight excluding hydrogens is 222 g/mol. The van der Waals surface area contributed by atoms with Crippen molar-refractivity contribution in [2.45, 2.75) is 33.4 Å². The molecule has 86 valence electrons. The Balaban J connectivity index is 1.92. The summed E-state index contributed by atoms with van der Waals surface area (Å²) in [5, 5.41) is 5.38. The molecule has 0 spiro atoms. The predicted molar refractivity (Wildman–Crippen MR) is 63.3 cm³/mol. The Morgan fingerprint density at radius 1 is 1.50 bits per heavy atom. The van der Waals surface area contributed by atoms with Gasteiger partial charge in [0.25, 0.3) is 0 Å². The van der Waals surface area contributed by atoms with Crippen molar-refractivity contribution >= 4 is 11.3 Å². The van der Waals surface area contributed by atoms with E-state index in [1.54, 1.807) is 11.3 Å². The van der Waals surface area contributed by atoms with Crippen molar-refractivity contribution in [3.05, 3.63) is 33.9 Å². The average Bonchev–Trinajstić information content (AvgIpc) is 2.86. The van der Waals surface area contributed by atoms with Crippen LogP contribution in [0.25, 0.3) is 0 Å². The first-order chi connectivity index (χ1) is 7.66. The van der Waals surface area contributed by atoms with Crippen molar-refractivity contribution in [3.63, 3.8) is 0 Å². The van der Waals surface area contributed by atoms with Gasteiger partial charge in [-0.05, 0) is 20.8 Å². The summed E-state index contributed by atoms with van der Waals surface area (Å²) in [6, 6.07) is 0.221. The van der Waals surface area contributed by atoms with Crippen molar-refractivity contribution in [3.8, 4) is 0 Å². The van der Waals surface area contributed by atoms with Gasteiger partial charge < -0.3 is 9.73 Å². The minimum absolute atomic E-state index is 0.221. The number of hydrogen-bond acceptors (Lipinski definition) is 5. The average molecular weight is 237 g/mol.